The number of carbonyl (C=O) groups is 2. The molecule has 0 saturated carbocycles. The first-order valence-electron chi connectivity index (χ1n) is 6.46. The molecule has 1 aromatic heterocycles. The van der Waals surface area contributed by atoms with Crippen LogP contribution in [0.4, 0.5) is 0 Å². The number of likely N-dealkylation sites (N-methyl/N-ethyl adjacent to an activating group) is 1. The summed E-state index contributed by atoms with van der Waals surface area (Å²) in [4.78, 5) is 26.0. The molecule has 1 aromatic rings. The molecule has 5 nitrogen and oxygen atoms in total. The highest BCUT2D eigenvalue weighted by Gasteiger charge is 2.19. The van der Waals surface area contributed by atoms with Crippen molar-refractivity contribution < 1.29 is 9.59 Å². The summed E-state index contributed by atoms with van der Waals surface area (Å²) in [6.45, 7) is 1.94. The van der Waals surface area contributed by atoms with Crippen LogP contribution in [0.15, 0.2) is 17.5 Å². The van der Waals surface area contributed by atoms with Crippen LogP contribution in [0.2, 0.25) is 0 Å². The van der Waals surface area contributed by atoms with Gasteiger partial charge in [-0.05, 0) is 30.8 Å². The highest BCUT2D eigenvalue weighted by atomic mass is 35.5. The minimum atomic E-state index is -0.105. The zero-order chi connectivity index (χ0) is 13.7. The molecule has 20 heavy (non-hydrogen) atoms. The van der Waals surface area contributed by atoms with E-state index in [1.807, 2.05) is 11.4 Å². The van der Waals surface area contributed by atoms with Crippen LogP contribution in [0.3, 0.4) is 0 Å². The summed E-state index contributed by atoms with van der Waals surface area (Å²) >= 11 is 1.39. The number of halogens is 1. The molecule has 0 bridgehead atoms. The molecule has 2 amide bonds. The second-order valence-corrected chi connectivity index (χ2v) is 5.70. The summed E-state index contributed by atoms with van der Waals surface area (Å²) in [5, 5.41) is 8.06. The maximum atomic E-state index is 12.0. The topological polar surface area (TPSA) is 61.4 Å². The van der Waals surface area contributed by atoms with E-state index in [2.05, 4.69) is 10.6 Å². The third-order valence-electron chi connectivity index (χ3n) is 3.12. The Morgan fingerprint density at radius 2 is 2.35 bits per heavy atom. The van der Waals surface area contributed by atoms with Gasteiger partial charge in [0.05, 0.1) is 11.4 Å². The Balaban J connectivity index is 0.00000200. The molecule has 0 spiro atoms. The number of hydrogen-bond acceptors (Lipinski definition) is 4. The Hall–Kier alpha value is -1.11. The van der Waals surface area contributed by atoms with Crippen molar-refractivity contribution in [2.75, 3.05) is 26.7 Å². The largest absolute Gasteiger partial charge is 0.351 e. The van der Waals surface area contributed by atoms with E-state index in [4.69, 9.17) is 0 Å². The van der Waals surface area contributed by atoms with Gasteiger partial charge in [0.15, 0.2) is 0 Å². The molecule has 0 radical (unpaired) electrons. The standard InChI is InChI=1S/C13H19N3O2S.ClH/c1-16(13(18)11-5-3-7-19-11)9-12(17)15-10-4-2-6-14-8-10;/h3,5,7,10,14H,2,4,6,8-9H2,1H3,(H,15,17);1H. The van der Waals surface area contributed by atoms with Crippen LogP contribution >= 0.6 is 23.7 Å². The molecular formula is C13H20ClN3O2S. The molecule has 1 saturated heterocycles. The van der Waals surface area contributed by atoms with Crippen molar-refractivity contribution in [2.24, 2.45) is 0 Å². The van der Waals surface area contributed by atoms with E-state index in [9.17, 15) is 9.59 Å². The lowest BCUT2D eigenvalue weighted by Gasteiger charge is -2.25. The molecule has 1 unspecified atom stereocenters. The molecule has 2 rings (SSSR count). The van der Waals surface area contributed by atoms with E-state index in [1.54, 1.807) is 13.1 Å². The molecule has 1 fully saturated rings. The number of nitrogens with zero attached hydrogens (tertiary/aromatic N) is 1. The van der Waals surface area contributed by atoms with Gasteiger partial charge in [-0.15, -0.1) is 23.7 Å². The highest BCUT2D eigenvalue weighted by Crippen LogP contribution is 2.10. The van der Waals surface area contributed by atoms with E-state index in [-0.39, 0.29) is 36.8 Å². The quantitative estimate of drug-likeness (QED) is 0.874. The van der Waals surface area contributed by atoms with E-state index < -0.39 is 0 Å². The van der Waals surface area contributed by atoms with Gasteiger partial charge < -0.3 is 15.5 Å². The van der Waals surface area contributed by atoms with E-state index in [0.29, 0.717) is 4.88 Å². The number of thiophene rings is 1. The Kier molecular flexibility index (Phi) is 6.98. The number of carbonyl (C=O) groups excluding carboxylic acids is 2. The van der Waals surface area contributed by atoms with Crippen molar-refractivity contribution in [3.8, 4) is 0 Å². The number of piperidine rings is 1. The van der Waals surface area contributed by atoms with Gasteiger partial charge >= 0.3 is 0 Å². The number of nitrogens with one attached hydrogen (secondary N) is 2. The fraction of sp³-hybridized carbons (Fsp3) is 0.538. The molecule has 2 N–H and O–H groups in total. The zero-order valence-electron chi connectivity index (χ0n) is 11.4. The molecule has 1 atom stereocenters. The number of hydrogen-bond donors (Lipinski definition) is 2. The summed E-state index contributed by atoms with van der Waals surface area (Å²) in [6, 6.07) is 3.79. The van der Waals surface area contributed by atoms with Crippen LogP contribution < -0.4 is 10.6 Å². The predicted octanol–water partition coefficient (Wildman–Crippen LogP) is 1.11. The van der Waals surface area contributed by atoms with Gasteiger partial charge in [0.1, 0.15) is 0 Å². The molecular weight excluding hydrogens is 298 g/mol. The lowest BCUT2D eigenvalue weighted by Crippen LogP contribution is -2.48. The molecule has 1 aliphatic rings. The fourth-order valence-corrected chi connectivity index (χ4v) is 2.84. The Morgan fingerprint density at radius 1 is 1.55 bits per heavy atom. The monoisotopic (exact) mass is 317 g/mol. The maximum Gasteiger partial charge on any atom is 0.264 e. The van der Waals surface area contributed by atoms with Crippen LogP contribution in [0.25, 0.3) is 0 Å². The highest BCUT2D eigenvalue weighted by molar-refractivity contribution is 7.12. The Labute approximate surface area is 129 Å². The van der Waals surface area contributed by atoms with Crippen molar-refractivity contribution in [1.29, 1.82) is 0 Å². The van der Waals surface area contributed by atoms with Crippen LogP contribution in [0, 0.1) is 0 Å². The predicted molar refractivity (Wildman–Crippen MR) is 82.6 cm³/mol. The maximum absolute atomic E-state index is 12.0. The van der Waals surface area contributed by atoms with E-state index >= 15 is 0 Å². The summed E-state index contributed by atoms with van der Waals surface area (Å²) in [5.41, 5.74) is 0. The first kappa shape index (κ1) is 16.9. The van der Waals surface area contributed by atoms with Crippen LogP contribution in [-0.4, -0.2) is 49.4 Å². The number of amides is 2. The normalized spacial score (nSPS) is 17.9. The van der Waals surface area contributed by atoms with Crippen LogP contribution in [-0.2, 0) is 4.79 Å². The summed E-state index contributed by atoms with van der Waals surface area (Å²) in [6.07, 6.45) is 2.08. The van der Waals surface area contributed by atoms with Gasteiger partial charge in [-0.25, -0.2) is 0 Å². The van der Waals surface area contributed by atoms with Crippen molar-refractivity contribution in [2.45, 2.75) is 18.9 Å². The van der Waals surface area contributed by atoms with Crippen LogP contribution in [0.1, 0.15) is 22.5 Å². The SMILES string of the molecule is CN(CC(=O)NC1CCCNC1)C(=O)c1cccs1.Cl. The van der Waals surface area contributed by atoms with Crippen molar-refractivity contribution in [3.63, 3.8) is 0 Å². The van der Waals surface area contributed by atoms with Gasteiger partial charge in [0.25, 0.3) is 5.91 Å². The van der Waals surface area contributed by atoms with Crippen molar-refractivity contribution in [1.82, 2.24) is 15.5 Å². The summed E-state index contributed by atoms with van der Waals surface area (Å²) in [5.74, 6) is -0.201. The first-order valence-corrected chi connectivity index (χ1v) is 7.34. The Bertz CT molecular complexity index is 433. The Morgan fingerprint density at radius 3 is 2.95 bits per heavy atom. The molecule has 112 valence electrons. The smallest absolute Gasteiger partial charge is 0.264 e. The molecule has 2 heterocycles. The van der Waals surface area contributed by atoms with Gasteiger partial charge in [0.2, 0.25) is 5.91 Å². The molecule has 0 aliphatic carbocycles. The minimum Gasteiger partial charge on any atom is -0.351 e. The molecule has 1 aliphatic heterocycles. The third kappa shape index (κ3) is 4.77. The van der Waals surface area contributed by atoms with Crippen LogP contribution in [0.5, 0.6) is 0 Å². The van der Waals surface area contributed by atoms with Gasteiger partial charge in [-0.3, -0.25) is 9.59 Å². The summed E-state index contributed by atoms with van der Waals surface area (Å²) < 4.78 is 0. The lowest BCUT2D eigenvalue weighted by atomic mass is 10.1. The average Bonchev–Trinajstić information content (AvgIpc) is 2.92. The molecule has 7 heteroatoms. The van der Waals surface area contributed by atoms with E-state index in [1.165, 1.54) is 16.2 Å². The van der Waals surface area contributed by atoms with Gasteiger partial charge in [0, 0.05) is 19.6 Å². The first-order chi connectivity index (χ1) is 9.16. The van der Waals surface area contributed by atoms with Gasteiger partial charge in [-0.2, -0.15) is 0 Å². The minimum absolute atomic E-state index is 0. The fourth-order valence-electron chi connectivity index (χ4n) is 2.12. The van der Waals surface area contributed by atoms with E-state index in [0.717, 1.165) is 25.9 Å². The second-order valence-electron chi connectivity index (χ2n) is 4.75. The lowest BCUT2D eigenvalue weighted by molar-refractivity contribution is -0.122. The average molecular weight is 318 g/mol. The van der Waals surface area contributed by atoms with Gasteiger partial charge in [-0.1, -0.05) is 6.07 Å². The zero-order valence-corrected chi connectivity index (χ0v) is 13.1. The second kappa shape index (κ2) is 8.24. The molecule has 0 aromatic carbocycles. The summed E-state index contributed by atoms with van der Waals surface area (Å²) in [7, 11) is 1.65. The van der Waals surface area contributed by atoms with Crippen molar-refractivity contribution >= 4 is 35.6 Å². The third-order valence-corrected chi connectivity index (χ3v) is 3.98. The number of rotatable bonds is 4. The van der Waals surface area contributed by atoms with Crippen molar-refractivity contribution in [3.05, 3.63) is 22.4 Å².